The minimum Gasteiger partial charge on any atom is -0.299 e. The summed E-state index contributed by atoms with van der Waals surface area (Å²) in [6, 6.07) is 7.08. The molecule has 1 amide bonds. The van der Waals surface area contributed by atoms with E-state index < -0.39 is 0 Å². The lowest BCUT2D eigenvalue weighted by molar-refractivity contribution is -0.117. The summed E-state index contributed by atoms with van der Waals surface area (Å²) in [6.45, 7) is 2.07. The molecule has 0 unspecified atom stereocenters. The Morgan fingerprint density at radius 1 is 1.24 bits per heavy atom. The van der Waals surface area contributed by atoms with E-state index in [0.29, 0.717) is 16.0 Å². The van der Waals surface area contributed by atoms with Crippen LogP contribution in [0.1, 0.15) is 24.8 Å². The lowest BCUT2D eigenvalue weighted by Gasteiger charge is -1.99. The van der Waals surface area contributed by atoms with Gasteiger partial charge in [-0.1, -0.05) is 36.3 Å². The van der Waals surface area contributed by atoms with Crippen LogP contribution in [-0.4, -0.2) is 36.3 Å². The first-order valence-electron chi connectivity index (χ1n) is 7.80. The third kappa shape index (κ3) is 4.80. The van der Waals surface area contributed by atoms with Gasteiger partial charge in [-0.25, -0.2) is 0 Å². The molecule has 0 spiro atoms. The van der Waals surface area contributed by atoms with Gasteiger partial charge in [-0.3, -0.25) is 10.1 Å². The number of carbonyl (C=O) groups excluding carboxylic acids is 1. The number of nitrogens with zero attached hydrogens (tertiary/aromatic N) is 6. The van der Waals surface area contributed by atoms with Crippen molar-refractivity contribution >= 4 is 34.0 Å². The van der Waals surface area contributed by atoms with E-state index in [1.807, 2.05) is 0 Å². The number of anilines is 1. The Hall–Kier alpha value is -2.39. The van der Waals surface area contributed by atoms with Crippen molar-refractivity contribution in [2.75, 3.05) is 5.32 Å². The molecule has 0 saturated heterocycles. The molecule has 2 heterocycles. The highest BCUT2D eigenvalue weighted by Crippen LogP contribution is 2.18. The highest BCUT2D eigenvalue weighted by molar-refractivity contribution is 7.15. The second-order valence-electron chi connectivity index (χ2n) is 5.30. The fourth-order valence-corrected chi connectivity index (χ4v) is 2.97. The number of nitrogens with one attached hydrogen (secondary N) is 1. The monoisotopic (exact) mass is 377 g/mol. The number of hydrogen-bond acceptors (Lipinski definition) is 7. The third-order valence-electron chi connectivity index (χ3n) is 3.30. The van der Waals surface area contributed by atoms with Gasteiger partial charge in [0.05, 0.1) is 0 Å². The van der Waals surface area contributed by atoms with Crippen LogP contribution in [0.5, 0.6) is 0 Å². The Labute approximate surface area is 153 Å². The quantitative estimate of drug-likeness (QED) is 0.679. The van der Waals surface area contributed by atoms with Crippen molar-refractivity contribution < 1.29 is 4.79 Å². The molecular formula is C15H16ClN7OS. The molecule has 25 heavy (non-hydrogen) atoms. The van der Waals surface area contributed by atoms with Gasteiger partial charge in [0.1, 0.15) is 11.6 Å². The predicted molar refractivity (Wildman–Crippen MR) is 95.4 cm³/mol. The number of aromatic nitrogens is 6. The first-order valence-corrected chi connectivity index (χ1v) is 8.99. The van der Waals surface area contributed by atoms with Crippen LogP contribution in [0.2, 0.25) is 5.02 Å². The number of amides is 1. The minimum atomic E-state index is -0.279. The fraction of sp³-hybridized carbons (Fsp3) is 0.333. The number of benzene rings is 1. The molecule has 3 aromatic rings. The van der Waals surface area contributed by atoms with Gasteiger partial charge < -0.3 is 0 Å². The van der Waals surface area contributed by atoms with Crippen molar-refractivity contribution in [1.82, 2.24) is 30.4 Å². The van der Waals surface area contributed by atoms with Crippen molar-refractivity contribution in [3.63, 3.8) is 0 Å². The standard InChI is InChI=1S/C15H16ClN7OS/c1-2-3-4-13-18-20-15(25-13)17-12(24)9-23-21-14(19-22-23)10-5-7-11(16)8-6-10/h5-8H,2-4,9H2,1H3,(H,17,20,24). The molecular weight excluding hydrogens is 362 g/mol. The first kappa shape index (κ1) is 17.4. The maximum absolute atomic E-state index is 12.1. The van der Waals surface area contributed by atoms with Crippen molar-refractivity contribution in [2.24, 2.45) is 0 Å². The molecule has 0 radical (unpaired) electrons. The van der Waals surface area contributed by atoms with Crippen LogP contribution in [0.3, 0.4) is 0 Å². The normalized spacial score (nSPS) is 10.8. The molecule has 1 aromatic carbocycles. The predicted octanol–water partition coefficient (Wildman–Crippen LogP) is 2.83. The van der Waals surface area contributed by atoms with E-state index in [9.17, 15) is 4.79 Å². The Morgan fingerprint density at radius 2 is 2.04 bits per heavy atom. The average Bonchev–Trinajstić information content (AvgIpc) is 3.23. The summed E-state index contributed by atoms with van der Waals surface area (Å²) < 4.78 is 0. The van der Waals surface area contributed by atoms with Crippen LogP contribution in [0, 0.1) is 0 Å². The zero-order valence-corrected chi connectivity index (χ0v) is 15.1. The Balaban J connectivity index is 1.58. The van der Waals surface area contributed by atoms with Gasteiger partial charge in [-0.2, -0.15) is 4.80 Å². The van der Waals surface area contributed by atoms with Crippen LogP contribution in [0.15, 0.2) is 24.3 Å². The molecule has 10 heteroatoms. The first-order chi connectivity index (χ1) is 12.1. The number of tetrazole rings is 1. The van der Waals surface area contributed by atoms with Gasteiger partial charge in [0.15, 0.2) is 0 Å². The van der Waals surface area contributed by atoms with Crippen molar-refractivity contribution in [3.05, 3.63) is 34.3 Å². The molecule has 2 aromatic heterocycles. The van der Waals surface area contributed by atoms with Crippen molar-refractivity contribution in [2.45, 2.75) is 32.7 Å². The topological polar surface area (TPSA) is 98.5 Å². The molecule has 0 aliphatic carbocycles. The molecule has 130 valence electrons. The van der Waals surface area contributed by atoms with Crippen LogP contribution in [0.25, 0.3) is 11.4 Å². The van der Waals surface area contributed by atoms with E-state index in [4.69, 9.17) is 11.6 Å². The van der Waals surface area contributed by atoms with Gasteiger partial charge in [-0.05, 0) is 35.9 Å². The highest BCUT2D eigenvalue weighted by atomic mass is 35.5. The lowest BCUT2D eigenvalue weighted by Crippen LogP contribution is -2.20. The van der Waals surface area contributed by atoms with Gasteiger partial charge in [-0.15, -0.1) is 20.4 Å². The van der Waals surface area contributed by atoms with Crippen LogP contribution < -0.4 is 5.32 Å². The third-order valence-corrected chi connectivity index (χ3v) is 4.45. The van der Waals surface area contributed by atoms with Crippen LogP contribution in [-0.2, 0) is 17.8 Å². The van der Waals surface area contributed by atoms with E-state index in [1.54, 1.807) is 24.3 Å². The molecule has 0 aliphatic rings. The molecule has 0 aliphatic heterocycles. The zero-order chi connectivity index (χ0) is 17.6. The van der Waals surface area contributed by atoms with Crippen LogP contribution >= 0.6 is 22.9 Å². The second-order valence-corrected chi connectivity index (χ2v) is 6.80. The molecule has 3 rings (SSSR count). The molecule has 0 fully saturated rings. The molecule has 0 atom stereocenters. The Morgan fingerprint density at radius 3 is 2.80 bits per heavy atom. The summed E-state index contributed by atoms with van der Waals surface area (Å²) in [4.78, 5) is 13.3. The summed E-state index contributed by atoms with van der Waals surface area (Å²) in [5.41, 5.74) is 0.778. The molecule has 0 bridgehead atoms. The smallest absolute Gasteiger partial charge is 0.249 e. The number of halogens is 1. The van der Waals surface area contributed by atoms with Gasteiger partial charge in [0.25, 0.3) is 0 Å². The fourth-order valence-electron chi connectivity index (χ4n) is 2.05. The van der Waals surface area contributed by atoms with E-state index in [2.05, 4.69) is 37.8 Å². The summed E-state index contributed by atoms with van der Waals surface area (Å²) >= 11 is 7.24. The summed E-state index contributed by atoms with van der Waals surface area (Å²) in [7, 11) is 0. The van der Waals surface area contributed by atoms with Crippen molar-refractivity contribution in [1.29, 1.82) is 0 Å². The zero-order valence-electron chi connectivity index (χ0n) is 13.5. The second kappa shape index (κ2) is 8.13. The number of hydrogen-bond donors (Lipinski definition) is 1. The number of carbonyl (C=O) groups is 1. The SMILES string of the molecule is CCCCc1nnc(NC(=O)Cn2nnc(-c3ccc(Cl)cc3)n2)s1. The summed E-state index contributed by atoms with van der Waals surface area (Å²) in [5, 5.41) is 24.8. The maximum Gasteiger partial charge on any atom is 0.249 e. The minimum absolute atomic E-state index is 0.0511. The Bertz CT molecular complexity index is 846. The van der Waals surface area contributed by atoms with Gasteiger partial charge in [0.2, 0.25) is 16.9 Å². The molecule has 1 N–H and O–H groups in total. The highest BCUT2D eigenvalue weighted by Gasteiger charge is 2.12. The number of rotatable bonds is 7. The van der Waals surface area contributed by atoms with Crippen molar-refractivity contribution in [3.8, 4) is 11.4 Å². The largest absolute Gasteiger partial charge is 0.299 e. The summed E-state index contributed by atoms with van der Waals surface area (Å²) in [6.07, 6.45) is 3.02. The Kier molecular flexibility index (Phi) is 5.67. The summed E-state index contributed by atoms with van der Waals surface area (Å²) in [5.74, 6) is 0.153. The molecule has 0 saturated carbocycles. The lowest BCUT2D eigenvalue weighted by atomic mass is 10.2. The maximum atomic E-state index is 12.1. The molecule has 8 nitrogen and oxygen atoms in total. The van der Waals surface area contributed by atoms with E-state index in [-0.39, 0.29) is 12.5 Å². The van der Waals surface area contributed by atoms with E-state index in [0.717, 1.165) is 29.8 Å². The number of unbranched alkanes of at least 4 members (excludes halogenated alkanes) is 1. The van der Waals surface area contributed by atoms with Gasteiger partial charge >= 0.3 is 0 Å². The van der Waals surface area contributed by atoms with E-state index in [1.165, 1.54) is 16.1 Å². The average molecular weight is 378 g/mol. The number of aryl methyl sites for hydroxylation is 1. The van der Waals surface area contributed by atoms with E-state index >= 15 is 0 Å². The van der Waals surface area contributed by atoms with Gasteiger partial charge in [0, 0.05) is 17.0 Å². The van der Waals surface area contributed by atoms with Crippen LogP contribution in [0.4, 0.5) is 5.13 Å².